The Bertz CT molecular complexity index is 1120. The van der Waals surface area contributed by atoms with Gasteiger partial charge in [0.05, 0.1) is 28.5 Å². The molecule has 3 rings (SSSR count). The largest absolute Gasteiger partial charge is 0.486 e. The van der Waals surface area contributed by atoms with E-state index in [1.165, 1.54) is 11.8 Å². The Morgan fingerprint density at radius 1 is 1.20 bits per heavy atom. The van der Waals surface area contributed by atoms with Crippen LogP contribution in [-0.2, 0) is 16.2 Å². The van der Waals surface area contributed by atoms with Crippen LogP contribution in [0.2, 0.25) is 10.0 Å². The molecule has 0 saturated carbocycles. The van der Waals surface area contributed by atoms with Crippen LogP contribution in [0.15, 0.2) is 36.5 Å². The lowest BCUT2D eigenvalue weighted by atomic mass is 10.2. The van der Waals surface area contributed by atoms with Gasteiger partial charge in [-0.25, -0.2) is 9.97 Å². The second-order valence-corrected chi connectivity index (χ2v) is 7.43. The van der Waals surface area contributed by atoms with E-state index in [-0.39, 0.29) is 25.0 Å². The van der Waals surface area contributed by atoms with E-state index in [4.69, 9.17) is 27.9 Å². The van der Waals surface area contributed by atoms with Crippen molar-refractivity contribution in [3.8, 4) is 5.75 Å². The van der Waals surface area contributed by atoms with Crippen LogP contribution < -0.4 is 15.0 Å². The van der Waals surface area contributed by atoms with Crippen LogP contribution >= 0.6 is 23.2 Å². The Morgan fingerprint density at radius 2 is 1.97 bits per heavy atom. The van der Waals surface area contributed by atoms with Crippen LogP contribution in [-0.4, -0.2) is 35.4 Å². The minimum Gasteiger partial charge on any atom is -0.486 e. The predicted octanol–water partition coefficient (Wildman–Crippen LogP) is 3.92. The molecular weight excluding hydrogens is 427 g/mol. The molecule has 2 amide bonds. The van der Waals surface area contributed by atoms with Crippen LogP contribution in [0, 0.1) is 6.92 Å². The van der Waals surface area contributed by atoms with Crippen molar-refractivity contribution >= 4 is 51.7 Å². The summed E-state index contributed by atoms with van der Waals surface area (Å²) in [6, 6.07) is 8.78. The minimum absolute atomic E-state index is 0.0773. The van der Waals surface area contributed by atoms with Gasteiger partial charge in [-0.3, -0.25) is 9.59 Å². The van der Waals surface area contributed by atoms with Crippen molar-refractivity contribution < 1.29 is 14.3 Å². The Morgan fingerprint density at radius 3 is 2.70 bits per heavy atom. The number of carbonyl (C=O) groups excluding carboxylic acids is 2. The normalized spacial score (nSPS) is 10.7. The number of benzene rings is 2. The maximum atomic E-state index is 12.3. The summed E-state index contributed by atoms with van der Waals surface area (Å²) in [5, 5.41) is 3.18. The van der Waals surface area contributed by atoms with Crippen molar-refractivity contribution in [2.75, 3.05) is 18.5 Å². The zero-order valence-electron chi connectivity index (χ0n) is 16.7. The van der Waals surface area contributed by atoms with Gasteiger partial charge in [0.15, 0.2) is 0 Å². The quantitative estimate of drug-likeness (QED) is 0.619. The first kappa shape index (κ1) is 21.8. The molecule has 0 bridgehead atoms. The molecular formula is C21H20Cl2N4O3. The van der Waals surface area contributed by atoms with Gasteiger partial charge in [-0.2, -0.15) is 0 Å². The molecule has 1 heterocycles. The van der Waals surface area contributed by atoms with Crippen LogP contribution in [0.4, 0.5) is 5.69 Å². The third-order valence-corrected chi connectivity index (χ3v) is 5.19. The molecule has 0 unspecified atom stereocenters. The summed E-state index contributed by atoms with van der Waals surface area (Å²) in [6.07, 6.45) is 1.67. The van der Waals surface area contributed by atoms with Crippen molar-refractivity contribution in [2.45, 2.75) is 20.5 Å². The Hall–Kier alpha value is -2.90. The summed E-state index contributed by atoms with van der Waals surface area (Å²) < 4.78 is 5.95. The molecule has 2 aromatic carbocycles. The number of rotatable bonds is 6. The first-order valence-corrected chi connectivity index (χ1v) is 9.86. The topological polar surface area (TPSA) is 84.4 Å². The number of anilines is 1. The molecule has 0 aliphatic carbocycles. The third-order valence-electron chi connectivity index (χ3n) is 4.42. The van der Waals surface area contributed by atoms with E-state index in [9.17, 15) is 9.59 Å². The van der Waals surface area contributed by atoms with Crippen molar-refractivity contribution in [3.63, 3.8) is 0 Å². The van der Waals surface area contributed by atoms with Gasteiger partial charge in [0, 0.05) is 30.8 Å². The van der Waals surface area contributed by atoms with Crippen molar-refractivity contribution in [3.05, 3.63) is 57.8 Å². The van der Waals surface area contributed by atoms with Gasteiger partial charge in [0.25, 0.3) is 0 Å². The number of fused-ring (bicyclic) bond motifs is 1. The molecule has 7 nitrogen and oxygen atoms in total. The standard InChI is InChI=1S/C21H20Cl2N4O3/c1-12-9-25-21-16(26-12)5-4-6-18(21)30-11-14-15(22)7-8-17(20(14)23)27(3)19(29)10-24-13(2)28/h4-9H,10-11H2,1-3H3,(H,24,28). The van der Waals surface area contributed by atoms with Gasteiger partial charge in [0.2, 0.25) is 11.8 Å². The van der Waals surface area contributed by atoms with Gasteiger partial charge in [0.1, 0.15) is 17.9 Å². The lowest BCUT2D eigenvalue weighted by Crippen LogP contribution is -2.37. The van der Waals surface area contributed by atoms with Gasteiger partial charge >= 0.3 is 0 Å². The second-order valence-electron chi connectivity index (χ2n) is 6.65. The highest BCUT2D eigenvalue weighted by molar-refractivity contribution is 6.38. The Kier molecular flexibility index (Phi) is 6.74. The Labute approximate surface area is 184 Å². The zero-order chi connectivity index (χ0) is 21.8. The number of para-hydroxylation sites is 1. The number of likely N-dealkylation sites (N-methyl/N-ethyl adjacent to an activating group) is 1. The summed E-state index contributed by atoms with van der Waals surface area (Å²) in [5.74, 6) is -0.0602. The number of hydrogen-bond donors (Lipinski definition) is 1. The molecule has 0 saturated heterocycles. The molecule has 0 atom stereocenters. The van der Waals surface area contributed by atoms with E-state index < -0.39 is 0 Å². The highest BCUT2D eigenvalue weighted by Gasteiger charge is 2.19. The molecule has 156 valence electrons. The lowest BCUT2D eigenvalue weighted by Gasteiger charge is -2.21. The number of nitrogens with one attached hydrogen (secondary N) is 1. The van der Waals surface area contributed by atoms with E-state index >= 15 is 0 Å². The highest BCUT2D eigenvalue weighted by atomic mass is 35.5. The number of carbonyl (C=O) groups is 2. The molecule has 0 spiro atoms. The van der Waals surface area contributed by atoms with Gasteiger partial charge < -0.3 is 15.0 Å². The molecule has 0 aliphatic rings. The van der Waals surface area contributed by atoms with E-state index in [1.54, 1.807) is 31.4 Å². The molecule has 0 aliphatic heterocycles. The third kappa shape index (κ3) is 4.80. The molecule has 1 N–H and O–H groups in total. The minimum atomic E-state index is -0.319. The first-order chi connectivity index (χ1) is 14.3. The van der Waals surface area contributed by atoms with Crippen LogP contribution in [0.25, 0.3) is 11.0 Å². The fourth-order valence-electron chi connectivity index (χ4n) is 2.80. The molecule has 3 aromatic rings. The summed E-state index contributed by atoms with van der Waals surface area (Å²) in [4.78, 5) is 33.6. The molecule has 0 radical (unpaired) electrons. The van der Waals surface area contributed by atoms with E-state index in [0.717, 1.165) is 11.2 Å². The summed E-state index contributed by atoms with van der Waals surface area (Å²) in [5.41, 5.74) is 3.16. The summed E-state index contributed by atoms with van der Waals surface area (Å²) in [6.45, 7) is 3.16. The SMILES string of the molecule is CC(=O)NCC(=O)N(C)c1ccc(Cl)c(COc2cccc3nc(C)cnc23)c1Cl. The maximum Gasteiger partial charge on any atom is 0.246 e. The van der Waals surface area contributed by atoms with Gasteiger partial charge in [-0.05, 0) is 31.2 Å². The fourth-order valence-corrected chi connectivity index (χ4v) is 3.41. The van der Waals surface area contributed by atoms with Crippen molar-refractivity contribution in [1.82, 2.24) is 15.3 Å². The molecule has 1 aromatic heterocycles. The number of aromatic nitrogens is 2. The second kappa shape index (κ2) is 9.28. The first-order valence-electron chi connectivity index (χ1n) is 9.11. The number of nitrogens with zero attached hydrogens (tertiary/aromatic N) is 3. The Balaban J connectivity index is 1.84. The summed E-state index contributed by atoms with van der Waals surface area (Å²) >= 11 is 12.9. The maximum absolute atomic E-state index is 12.3. The average molecular weight is 447 g/mol. The van der Waals surface area contributed by atoms with Crippen LogP contribution in [0.5, 0.6) is 5.75 Å². The van der Waals surface area contributed by atoms with Crippen LogP contribution in [0.1, 0.15) is 18.2 Å². The van der Waals surface area contributed by atoms with E-state index in [1.807, 2.05) is 19.1 Å². The van der Waals surface area contributed by atoms with Crippen LogP contribution in [0.3, 0.4) is 0 Å². The fraction of sp³-hybridized carbons (Fsp3) is 0.238. The highest BCUT2D eigenvalue weighted by Crippen LogP contribution is 2.35. The lowest BCUT2D eigenvalue weighted by molar-refractivity contribution is -0.123. The zero-order valence-corrected chi connectivity index (χ0v) is 18.2. The van der Waals surface area contributed by atoms with Crippen molar-refractivity contribution in [1.29, 1.82) is 0 Å². The van der Waals surface area contributed by atoms with Crippen molar-refractivity contribution in [2.24, 2.45) is 0 Å². The molecule has 30 heavy (non-hydrogen) atoms. The van der Waals surface area contributed by atoms with Gasteiger partial charge in [-0.15, -0.1) is 0 Å². The smallest absolute Gasteiger partial charge is 0.246 e. The number of halogens is 2. The average Bonchev–Trinajstić information content (AvgIpc) is 2.71. The number of amides is 2. The number of hydrogen-bond acceptors (Lipinski definition) is 5. The van der Waals surface area contributed by atoms with E-state index in [0.29, 0.717) is 32.6 Å². The van der Waals surface area contributed by atoms with Gasteiger partial charge in [-0.1, -0.05) is 29.3 Å². The molecule has 0 fully saturated rings. The number of aryl methyl sites for hydroxylation is 1. The van der Waals surface area contributed by atoms with E-state index in [2.05, 4.69) is 15.3 Å². The predicted molar refractivity (Wildman–Crippen MR) is 117 cm³/mol. The monoisotopic (exact) mass is 446 g/mol. The molecule has 9 heteroatoms. The number of ether oxygens (including phenoxy) is 1. The summed E-state index contributed by atoms with van der Waals surface area (Å²) in [7, 11) is 1.58.